The van der Waals surface area contributed by atoms with Crippen LogP contribution < -0.4 is 23.7 Å². The van der Waals surface area contributed by atoms with Gasteiger partial charge in [0.2, 0.25) is 6.29 Å². The fourth-order valence-electron chi connectivity index (χ4n) is 18.2. The highest BCUT2D eigenvalue weighted by Crippen LogP contribution is 2.60. The van der Waals surface area contributed by atoms with E-state index < -0.39 is 0 Å². The number of benzene rings is 5. The molecule has 10 nitrogen and oxygen atoms in total. The standard InChI is InChI=1S/C24H36O2.C21H30O2.C19H30O2.C17H26O2.C12H18O2/c1-5-16(4)17-9-11-19(12-10-17)25-24(15(2)3)26-23-14-18-13-22(23)21-8-6-7-20(18)21;1-3-14(2)17-4-6-20(7-5-17)22-13-23-21-18-9-15-8-16(11-18)12-19(21)10-15;1-3-16(2)18-9-11-19(12-10-18)21-15-20-14-13-17-7-5-4-6-8-17;1-3-14(2)15-9-11-17(12-10-15)19-13-18-16-7-5-4-6-8-16;1-4-10(2)11-5-7-12(8-6-11)14-9-13-3/h9-12,15-16,18,20-24H,5-8,13-14H2,1-4H3;4-7,14-16,18-19,21H,3,8-13H2,1-2H3;9-12,16-17H,3-8,13-15H2,1-2H3;9-12,14,16H,3-8,13H2,1-2H3;5-8,10H,4,9H2,1-3H3. The van der Waals surface area contributed by atoms with Crippen LogP contribution in [0.5, 0.6) is 28.7 Å². The highest BCUT2D eigenvalue weighted by atomic mass is 16.7. The molecule has 9 saturated carbocycles. The molecule has 9 aliphatic carbocycles. The first kappa shape index (κ1) is 82.0. The van der Waals surface area contributed by atoms with E-state index in [9.17, 15) is 0 Å². The summed E-state index contributed by atoms with van der Waals surface area (Å²) in [5, 5.41) is 0. The molecule has 0 amide bonds. The summed E-state index contributed by atoms with van der Waals surface area (Å²) in [6, 6.07) is 42.2. The van der Waals surface area contributed by atoms with Crippen molar-refractivity contribution in [3.05, 3.63) is 149 Å². The molecule has 9 fully saturated rings. The van der Waals surface area contributed by atoms with Crippen molar-refractivity contribution in [3.8, 4) is 28.7 Å². The lowest BCUT2D eigenvalue weighted by Crippen LogP contribution is -2.49. The number of ether oxygens (including phenoxy) is 10. The Hall–Kier alpha value is -5.10. The molecule has 9 aliphatic rings. The monoisotopic (exact) mass is 1420 g/mol. The third-order valence-corrected chi connectivity index (χ3v) is 25.5. The number of fused-ring (bicyclic) bond motifs is 5. The second kappa shape index (κ2) is 43.6. The Morgan fingerprint density at radius 1 is 0.359 bits per heavy atom. The summed E-state index contributed by atoms with van der Waals surface area (Å²) in [5.41, 5.74) is 6.90. The zero-order chi connectivity index (χ0) is 72.9. The lowest BCUT2D eigenvalue weighted by Gasteiger charge is -2.53. The maximum absolute atomic E-state index is 6.60. The first-order valence-corrected chi connectivity index (χ1v) is 41.8. The van der Waals surface area contributed by atoms with E-state index in [4.69, 9.17) is 47.4 Å². The quantitative estimate of drug-likeness (QED) is 0.0306. The van der Waals surface area contributed by atoms with Gasteiger partial charge in [-0.3, -0.25) is 0 Å². The van der Waals surface area contributed by atoms with E-state index in [-0.39, 0.29) is 6.29 Å². The molecule has 103 heavy (non-hydrogen) atoms. The van der Waals surface area contributed by atoms with E-state index >= 15 is 0 Å². The van der Waals surface area contributed by atoms with Gasteiger partial charge in [0.25, 0.3) is 0 Å². The smallest absolute Gasteiger partial charge is 0.202 e. The molecular weight excluding hydrogens is 1280 g/mol. The van der Waals surface area contributed by atoms with Gasteiger partial charge in [-0.2, -0.15) is 0 Å². The average molecular weight is 1420 g/mol. The van der Waals surface area contributed by atoms with Gasteiger partial charge in [0.05, 0.1) is 24.9 Å². The molecule has 0 spiro atoms. The molecule has 0 aromatic heterocycles. The van der Waals surface area contributed by atoms with Gasteiger partial charge in [-0.25, -0.2) is 0 Å². The zero-order valence-electron chi connectivity index (χ0n) is 66.5. The fraction of sp³-hybridized carbons (Fsp3) is 0.677. The summed E-state index contributed by atoms with van der Waals surface area (Å²) in [6.45, 7) is 29.1. The van der Waals surface area contributed by atoms with Gasteiger partial charge in [-0.15, -0.1) is 0 Å². The zero-order valence-corrected chi connectivity index (χ0v) is 66.5. The third kappa shape index (κ3) is 25.5. The Bertz CT molecular complexity index is 3020. The van der Waals surface area contributed by atoms with Crippen LogP contribution in [0.2, 0.25) is 0 Å². The predicted octanol–water partition coefficient (Wildman–Crippen LogP) is 25.4. The van der Waals surface area contributed by atoms with Crippen molar-refractivity contribution < 1.29 is 47.4 Å². The molecule has 572 valence electrons. The van der Waals surface area contributed by atoms with Crippen molar-refractivity contribution in [2.75, 3.05) is 40.9 Å². The Labute approximate surface area is 626 Å². The lowest BCUT2D eigenvalue weighted by atomic mass is 9.55. The fourth-order valence-corrected chi connectivity index (χ4v) is 18.2. The minimum atomic E-state index is -0.131. The van der Waals surface area contributed by atoms with Gasteiger partial charge >= 0.3 is 0 Å². The van der Waals surface area contributed by atoms with Crippen LogP contribution in [0, 0.1) is 59.2 Å². The van der Waals surface area contributed by atoms with E-state index in [1.54, 1.807) is 7.11 Å². The van der Waals surface area contributed by atoms with Gasteiger partial charge < -0.3 is 47.4 Å². The van der Waals surface area contributed by atoms with Crippen molar-refractivity contribution in [1.29, 1.82) is 0 Å². The first-order chi connectivity index (χ1) is 50.1. The normalized spacial score (nSPS) is 25.5. The lowest BCUT2D eigenvalue weighted by molar-refractivity contribution is -0.162. The Balaban J connectivity index is 0.000000152. The van der Waals surface area contributed by atoms with Crippen LogP contribution in [0.4, 0.5) is 0 Å². The van der Waals surface area contributed by atoms with Crippen LogP contribution in [0.15, 0.2) is 121 Å². The van der Waals surface area contributed by atoms with E-state index in [0.717, 1.165) is 95.0 Å². The van der Waals surface area contributed by atoms with Crippen LogP contribution >= 0.6 is 0 Å². The van der Waals surface area contributed by atoms with Crippen LogP contribution in [0.1, 0.15) is 307 Å². The van der Waals surface area contributed by atoms with Crippen LogP contribution in [-0.2, 0) is 23.7 Å². The van der Waals surface area contributed by atoms with Crippen molar-refractivity contribution in [3.63, 3.8) is 0 Å². The minimum absolute atomic E-state index is 0.131. The molecule has 0 heterocycles. The molecule has 11 unspecified atom stereocenters. The number of methoxy groups -OCH3 is 1. The van der Waals surface area contributed by atoms with Crippen LogP contribution in [-0.4, -0.2) is 65.5 Å². The Morgan fingerprint density at radius 2 is 0.757 bits per heavy atom. The summed E-state index contributed by atoms with van der Waals surface area (Å²) < 4.78 is 57.8. The minimum Gasteiger partial charge on any atom is -0.468 e. The largest absolute Gasteiger partial charge is 0.468 e. The van der Waals surface area contributed by atoms with Gasteiger partial charge in [0.15, 0.2) is 27.2 Å². The van der Waals surface area contributed by atoms with Crippen LogP contribution in [0.25, 0.3) is 0 Å². The van der Waals surface area contributed by atoms with Crippen LogP contribution in [0.3, 0.4) is 0 Å². The van der Waals surface area contributed by atoms with Crippen molar-refractivity contribution in [2.45, 2.75) is 304 Å². The van der Waals surface area contributed by atoms with E-state index in [2.05, 4.69) is 168 Å². The average Bonchev–Trinajstić information content (AvgIpc) is 1.47. The van der Waals surface area contributed by atoms with E-state index in [1.807, 2.05) is 36.4 Å². The number of rotatable bonds is 32. The molecule has 11 atom stereocenters. The van der Waals surface area contributed by atoms with E-state index in [0.29, 0.717) is 81.0 Å². The molecule has 0 N–H and O–H groups in total. The molecule has 0 radical (unpaired) electrons. The molecule has 0 aliphatic heterocycles. The summed E-state index contributed by atoms with van der Waals surface area (Å²) in [6.07, 6.45) is 35.7. The van der Waals surface area contributed by atoms with Gasteiger partial charge in [-0.1, -0.05) is 202 Å². The summed E-state index contributed by atoms with van der Waals surface area (Å²) in [7, 11) is 1.62. The van der Waals surface area contributed by atoms with Gasteiger partial charge in [0.1, 0.15) is 28.7 Å². The highest BCUT2D eigenvalue weighted by molar-refractivity contribution is 5.33. The highest BCUT2D eigenvalue weighted by Gasteiger charge is 2.55. The molecule has 6 bridgehead atoms. The molecule has 14 rings (SSSR count). The Kier molecular flexibility index (Phi) is 34.7. The summed E-state index contributed by atoms with van der Waals surface area (Å²) in [4.78, 5) is 0. The molecular formula is C93H140O10. The first-order valence-electron chi connectivity index (χ1n) is 41.8. The number of hydrogen-bond acceptors (Lipinski definition) is 10. The van der Waals surface area contributed by atoms with E-state index in [1.165, 1.54) is 188 Å². The molecule has 5 aromatic carbocycles. The summed E-state index contributed by atoms with van der Waals surface area (Å²) >= 11 is 0. The number of hydrogen-bond donors (Lipinski definition) is 0. The van der Waals surface area contributed by atoms with Crippen molar-refractivity contribution in [1.82, 2.24) is 0 Å². The second-order valence-corrected chi connectivity index (χ2v) is 33.0. The maximum Gasteiger partial charge on any atom is 0.202 e. The SMILES string of the molecule is CCC(C)c1ccc(OC(OC2CC3CC2C2CCCC32)C(C)C)cc1.CCC(C)c1ccc(OCOC)cc1.CCC(C)c1ccc(OCOC2C3CC4CC(C3)CC2C4)cc1.CCC(C)c1ccc(OCOC2CCCCC2)cc1.CCC(C)c1ccc(OCOCCC2CCCCC2)cc1. The molecule has 0 saturated heterocycles. The molecule has 10 heteroatoms. The maximum atomic E-state index is 6.60. The van der Waals surface area contributed by atoms with Gasteiger partial charge in [0, 0.05) is 13.0 Å². The molecule has 5 aromatic rings. The predicted molar refractivity (Wildman–Crippen MR) is 423 cm³/mol. The Morgan fingerprint density at radius 3 is 1.18 bits per heavy atom. The third-order valence-electron chi connectivity index (χ3n) is 25.5. The van der Waals surface area contributed by atoms with Crippen molar-refractivity contribution in [2.24, 2.45) is 59.2 Å². The van der Waals surface area contributed by atoms with Crippen molar-refractivity contribution >= 4 is 0 Å². The topological polar surface area (TPSA) is 92.3 Å². The second-order valence-electron chi connectivity index (χ2n) is 33.0. The summed E-state index contributed by atoms with van der Waals surface area (Å²) in [5.74, 6) is 16.2. The van der Waals surface area contributed by atoms with Gasteiger partial charge in [-0.05, 0) is 280 Å².